The average Bonchev–Trinajstić information content (AvgIpc) is 3.75. The van der Waals surface area contributed by atoms with Crippen molar-refractivity contribution in [2.75, 3.05) is 0 Å². The first-order valence-electron chi connectivity index (χ1n) is 18.7. The van der Waals surface area contributed by atoms with Crippen LogP contribution < -0.4 is 0 Å². The summed E-state index contributed by atoms with van der Waals surface area (Å²) < 4.78 is 6.83. The van der Waals surface area contributed by atoms with E-state index in [2.05, 4.69) is 111 Å². The average molecular weight is 718 g/mol. The molecule has 0 fully saturated rings. The Balaban J connectivity index is 1.16. The van der Waals surface area contributed by atoms with Gasteiger partial charge in [-0.2, -0.15) is 5.26 Å². The summed E-state index contributed by atoms with van der Waals surface area (Å²) in [6, 6.07) is 53.8. The molecule has 3 heterocycles. The van der Waals surface area contributed by atoms with E-state index < -0.39 is 0 Å². The number of hydrogen-bond acceptors (Lipinski definition) is 6. The summed E-state index contributed by atoms with van der Waals surface area (Å²) in [4.78, 5) is 20.5. The molecule has 1 aliphatic rings. The molecule has 7 aromatic carbocycles. The molecule has 0 spiro atoms. The topological polar surface area (TPSA) is 88.5 Å². The Morgan fingerprint density at radius 1 is 0.500 bits per heavy atom. The first kappa shape index (κ1) is 32.0. The van der Waals surface area contributed by atoms with Gasteiger partial charge in [0.1, 0.15) is 11.2 Å². The molecule has 6 heteroatoms. The predicted octanol–water partition coefficient (Wildman–Crippen LogP) is 12.3. The van der Waals surface area contributed by atoms with Crippen molar-refractivity contribution in [3.63, 3.8) is 0 Å². The minimum atomic E-state index is -0.118. The quantitative estimate of drug-likeness (QED) is 0.168. The van der Waals surface area contributed by atoms with Gasteiger partial charge in [0.05, 0.1) is 28.4 Å². The number of furan rings is 1. The number of benzene rings is 7. The maximum Gasteiger partial charge on any atom is 0.167 e. The molecule has 56 heavy (non-hydrogen) atoms. The lowest BCUT2D eigenvalue weighted by Crippen LogP contribution is -2.14. The second-order valence-corrected chi connectivity index (χ2v) is 14.9. The zero-order chi connectivity index (χ0) is 37.5. The molecule has 0 saturated carbocycles. The molecule has 0 amide bonds. The highest BCUT2D eigenvalue weighted by Gasteiger charge is 2.35. The van der Waals surface area contributed by atoms with Crippen LogP contribution in [-0.2, 0) is 5.41 Å². The van der Waals surface area contributed by atoms with Crippen LogP contribution in [0.25, 0.3) is 100 Å². The van der Waals surface area contributed by atoms with Crippen molar-refractivity contribution in [2.24, 2.45) is 0 Å². The SMILES string of the molecule is CC1(C)c2ccccc2-c2cc(-c3nc(-c4ccc(C#N)cc4)nc(-c4cccc5c4oc4ccc6c(-c7ccccc7)nc7ccccc7c6c45)n3)ccc21. The molecule has 3 aromatic heterocycles. The largest absolute Gasteiger partial charge is 0.455 e. The van der Waals surface area contributed by atoms with Crippen molar-refractivity contribution in [1.82, 2.24) is 19.9 Å². The van der Waals surface area contributed by atoms with E-state index in [1.165, 1.54) is 22.3 Å². The zero-order valence-corrected chi connectivity index (χ0v) is 30.6. The van der Waals surface area contributed by atoms with Crippen LogP contribution in [-0.4, -0.2) is 19.9 Å². The molecule has 11 rings (SSSR count). The highest BCUT2D eigenvalue weighted by molar-refractivity contribution is 6.28. The van der Waals surface area contributed by atoms with Crippen LogP contribution in [0.4, 0.5) is 0 Å². The molecule has 0 unspecified atom stereocenters. The van der Waals surface area contributed by atoms with E-state index in [1.54, 1.807) is 12.1 Å². The van der Waals surface area contributed by atoms with E-state index in [9.17, 15) is 5.26 Å². The van der Waals surface area contributed by atoms with Crippen molar-refractivity contribution < 1.29 is 4.42 Å². The Hall–Kier alpha value is -7.49. The van der Waals surface area contributed by atoms with Gasteiger partial charge in [0.25, 0.3) is 0 Å². The summed E-state index contributed by atoms with van der Waals surface area (Å²) in [5, 5.41) is 14.7. The van der Waals surface area contributed by atoms with Gasteiger partial charge in [-0.1, -0.05) is 111 Å². The van der Waals surface area contributed by atoms with Crippen LogP contribution in [0.1, 0.15) is 30.5 Å². The van der Waals surface area contributed by atoms with Crippen molar-refractivity contribution in [2.45, 2.75) is 19.3 Å². The lowest BCUT2D eigenvalue weighted by atomic mass is 9.82. The van der Waals surface area contributed by atoms with Crippen molar-refractivity contribution >= 4 is 43.6 Å². The number of nitrogens with zero attached hydrogens (tertiary/aromatic N) is 5. The fourth-order valence-corrected chi connectivity index (χ4v) is 8.63. The monoisotopic (exact) mass is 717 g/mol. The van der Waals surface area contributed by atoms with Crippen LogP contribution in [0, 0.1) is 11.3 Å². The van der Waals surface area contributed by atoms with Crippen LogP contribution in [0.15, 0.2) is 156 Å². The second kappa shape index (κ2) is 12.0. The molecular formula is C50H31N5O. The summed E-state index contributed by atoms with van der Waals surface area (Å²) in [7, 11) is 0. The van der Waals surface area contributed by atoms with Gasteiger partial charge in [-0.05, 0) is 76.9 Å². The maximum absolute atomic E-state index is 9.52. The molecule has 0 radical (unpaired) electrons. The van der Waals surface area contributed by atoms with Crippen molar-refractivity contribution in [1.29, 1.82) is 5.26 Å². The summed E-state index contributed by atoms with van der Waals surface area (Å²) in [5.74, 6) is 1.57. The number of pyridine rings is 1. The first-order chi connectivity index (χ1) is 27.5. The third-order valence-corrected chi connectivity index (χ3v) is 11.4. The lowest BCUT2D eigenvalue weighted by molar-refractivity contribution is 0.660. The first-order valence-corrected chi connectivity index (χ1v) is 18.7. The van der Waals surface area contributed by atoms with Crippen LogP contribution in [0.5, 0.6) is 0 Å². The highest BCUT2D eigenvalue weighted by Crippen LogP contribution is 2.49. The Morgan fingerprint density at radius 2 is 1.18 bits per heavy atom. The van der Waals surface area contributed by atoms with E-state index in [0.717, 1.165) is 66.0 Å². The van der Waals surface area contributed by atoms with Crippen LogP contribution >= 0.6 is 0 Å². The van der Waals surface area contributed by atoms with Gasteiger partial charge in [-0.3, -0.25) is 0 Å². The minimum absolute atomic E-state index is 0.118. The van der Waals surface area contributed by atoms with Gasteiger partial charge in [-0.25, -0.2) is 19.9 Å². The second-order valence-electron chi connectivity index (χ2n) is 14.9. The Morgan fingerprint density at radius 3 is 2.02 bits per heavy atom. The molecule has 0 saturated heterocycles. The summed E-state index contributed by atoms with van der Waals surface area (Å²) >= 11 is 0. The summed E-state index contributed by atoms with van der Waals surface area (Å²) in [5.41, 5.74) is 12.3. The van der Waals surface area contributed by atoms with Crippen molar-refractivity contribution in [3.05, 3.63) is 168 Å². The molecule has 1 aliphatic carbocycles. The van der Waals surface area contributed by atoms with Gasteiger partial charge in [0, 0.05) is 49.0 Å². The minimum Gasteiger partial charge on any atom is -0.455 e. The molecule has 0 N–H and O–H groups in total. The number of fused-ring (bicyclic) bond motifs is 10. The molecule has 0 atom stereocenters. The Bertz CT molecular complexity index is 3280. The standard InChI is InChI=1S/C50H31N5O/c1-50(2)39-17-8-6-13-33(39)38-27-32(23-25-40(38)50)48-53-47(31-21-19-29(28-51)20-22-31)54-49(55-48)37-16-10-15-36-44-42(56-46(36)37)26-24-35-43(44)34-14-7-9-18-41(34)52-45(35)30-11-4-3-5-12-30/h3-27H,1-2H3. The van der Waals surface area contributed by atoms with E-state index in [4.69, 9.17) is 24.4 Å². The number of para-hydroxylation sites is 2. The lowest BCUT2D eigenvalue weighted by Gasteiger charge is -2.21. The Kier molecular flexibility index (Phi) is 6.86. The molecule has 10 aromatic rings. The molecule has 262 valence electrons. The number of rotatable bonds is 4. The van der Waals surface area contributed by atoms with Gasteiger partial charge in [0.2, 0.25) is 0 Å². The van der Waals surface area contributed by atoms with Gasteiger partial charge in [-0.15, -0.1) is 0 Å². The molecular weight excluding hydrogens is 687 g/mol. The smallest absolute Gasteiger partial charge is 0.167 e. The number of aromatic nitrogens is 4. The van der Waals surface area contributed by atoms with Crippen LogP contribution in [0.3, 0.4) is 0 Å². The molecule has 0 aliphatic heterocycles. The van der Waals surface area contributed by atoms with Crippen LogP contribution in [0.2, 0.25) is 0 Å². The third-order valence-electron chi connectivity index (χ3n) is 11.4. The van der Waals surface area contributed by atoms with E-state index in [0.29, 0.717) is 28.6 Å². The molecule has 6 nitrogen and oxygen atoms in total. The fourth-order valence-electron chi connectivity index (χ4n) is 8.63. The van der Waals surface area contributed by atoms with Crippen molar-refractivity contribution in [3.8, 4) is 62.6 Å². The summed E-state index contributed by atoms with van der Waals surface area (Å²) in [6.45, 7) is 4.56. The maximum atomic E-state index is 9.52. The van der Waals surface area contributed by atoms with E-state index >= 15 is 0 Å². The fraction of sp³-hybridized carbons (Fsp3) is 0.0600. The van der Waals surface area contributed by atoms with E-state index in [1.807, 2.05) is 48.5 Å². The zero-order valence-electron chi connectivity index (χ0n) is 30.6. The highest BCUT2D eigenvalue weighted by atomic mass is 16.3. The molecule has 0 bridgehead atoms. The predicted molar refractivity (Wildman–Crippen MR) is 224 cm³/mol. The normalized spacial score (nSPS) is 12.9. The number of nitriles is 1. The van der Waals surface area contributed by atoms with Gasteiger partial charge >= 0.3 is 0 Å². The number of hydrogen-bond donors (Lipinski definition) is 0. The van der Waals surface area contributed by atoms with Gasteiger partial charge in [0.15, 0.2) is 17.5 Å². The van der Waals surface area contributed by atoms with E-state index in [-0.39, 0.29) is 5.41 Å². The third kappa shape index (κ3) is 4.74. The summed E-state index contributed by atoms with van der Waals surface area (Å²) in [6.07, 6.45) is 0. The van der Waals surface area contributed by atoms with Gasteiger partial charge < -0.3 is 4.42 Å². The Labute approximate surface area is 322 Å².